The minimum Gasteiger partial charge on any atom is -0.497 e. The Morgan fingerprint density at radius 2 is 1.97 bits per heavy atom. The molecule has 9 heteroatoms. The highest BCUT2D eigenvalue weighted by molar-refractivity contribution is 6.03. The van der Waals surface area contributed by atoms with E-state index < -0.39 is 35.0 Å². The standard InChI is InChI=1S/C22H29N3O6/c1-12-11-22-16(15(18(27)23-3)21(12,2)31-22)20(29)25(9-10-26)17(22)19(28)24-13-5-7-14(30-4)8-6-13/h5-8,12,15-17,26H,9-11H2,1-4H3,(H,23,27)(H,24,28)/t12?,15-,16+,17?,21+,22?/m1/s1. The van der Waals surface area contributed by atoms with E-state index in [2.05, 4.69) is 10.6 Å². The summed E-state index contributed by atoms with van der Waals surface area (Å²) in [4.78, 5) is 41.1. The van der Waals surface area contributed by atoms with Crippen LogP contribution in [0, 0.1) is 17.8 Å². The fourth-order valence-electron chi connectivity index (χ4n) is 5.83. The molecule has 3 saturated heterocycles. The predicted molar refractivity (Wildman–Crippen MR) is 111 cm³/mol. The van der Waals surface area contributed by atoms with E-state index in [4.69, 9.17) is 9.47 Å². The molecule has 2 bridgehead atoms. The van der Waals surface area contributed by atoms with Gasteiger partial charge >= 0.3 is 0 Å². The molecule has 3 fully saturated rings. The Labute approximate surface area is 181 Å². The van der Waals surface area contributed by atoms with Gasteiger partial charge in [0, 0.05) is 19.3 Å². The zero-order chi connectivity index (χ0) is 22.6. The maximum Gasteiger partial charge on any atom is 0.250 e. The van der Waals surface area contributed by atoms with Gasteiger partial charge in [0.05, 0.1) is 31.2 Å². The third kappa shape index (κ3) is 2.94. The molecular weight excluding hydrogens is 402 g/mol. The highest BCUT2D eigenvalue weighted by Gasteiger charge is 2.79. The van der Waals surface area contributed by atoms with Gasteiger partial charge in [0.15, 0.2) is 0 Å². The molecule has 3 aliphatic rings. The summed E-state index contributed by atoms with van der Waals surface area (Å²) in [5.74, 6) is -1.83. The number of benzene rings is 1. The summed E-state index contributed by atoms with van der Waals surface area (Å²) in [7, 11) is 3.09. The number of carbonyl (C=O) groups is 3. The topological polar surface area (TPSA) is 117 Å². The Morgan fingerprint density at radius 3 is 2.55 bits per heavy atom. The molecule has 3 amide bonds. The van der Waals surface area contributed by atoms with E-state index in [9.17, 15) is 19.5 Å². The van der Waals surface area contributed by atoms with Crippen LogP contribution in [0.15, 0.2) is 24.3 Å². The molecule has 4 rings (SSSR count). The van der Waals surface area contributed by atoms with E-state index in [-0.39, 0.29) is 30.9 Å². The van der Waals surface area contributed by atoms with Crippen molar-refractivity contribution < 1.29 is 29.0 Å². The Hall–Kier alpha value is -2.65. The summed E-state index contributed by atoms with van der Waals surface area (Å²) < 4.78 is 11.6. The number of aliphatic hydroxyl groups is 1. The molecule has 3 heterocycles. The van der Waals surface area contributed by atoms with Crippen LogP contribution in [0.2, 0.25) is 0 Å². The van der Waals surface area contributed by atoms with Crippen molar-refractivity contribution in [2.45, 2.75) is 37.5 Å². The molecule has 1 aromatic rings. The molecule has 0 aromatic heterocycles. The number of carbonyl (C=O) groups excluding carboxylic acids is 3. The zero-order valence-electron chi connectivity index (χ0n) is 18.2. The summed E-state index contributed by atoms with van der Waals surface area (Å²) >= 11 is 0. The molecule has 1 aromatic carbocycles. The Bertz CT molecular complexity index is 905. The van der Waals surface area contributed by atoms with Crippen LogP contribution in [-0.4, -0.2) is 72.3 Å². The lowest BCUT2D eigenvalue weighted by molar-refractivity contribution is -0.146. The van der Waals surface area contributed by atoms with Gasteiger partial charge < -0.3 is 30.1 Å². The van der Waals surface area contributed by atoms with Crippen molar-refractivity contribution in [2.24, 2.45) is 17.8 Å². The van der Waals surface area contributed by atoms with E-state index in [1.807, 2.05) is 13.8 Å². The van der Waals surface area contributed by atoms with Gasteiger partial charge in [-0.15, -0.1) is 0 Å². The number of ether oxygens (including phenoxy) is 2. The van der Waals surface area contributed by atoms with Crippen LogP contribution >= 0.6 is 0 Å². The highest BCUT2D eigenvalue weighted by atomic mass is 16.5. The summed E-state index contributed by atoms with van der Waals surface area (Å²) in [6, 6.07) is 5.93. The number of likely N-dealkylation sites (tertiary alicyclic amines) is 1. The first-order valence-electron chi connectivity index (χ1n) is 10.5. The van der Waals surface area contributed by atoms with Gasteiger partial charge in [-0.1, -0.05) is 6.92 Å². The average Bonchev–Trinajstić information content (AvgIpc) is 3.25. The smallest absolute Gasteiger partial charge is 0.250 e. The van der Waals surface area contributed by atoms with Crippen molar-refractivity contribution in [1.82, 2.24) is 10.2 Å². The summed E-state index contributed by atoms with van der Waals surface area (Å²) in [6.45, 7) is 3.54. The van der Waals surface area contributed by atoms with Crippen LogP contribution in [-0.2, 0) is 19.1 Å². The SMILES string of the molecule is CNC(=O)[C@H]1[C@H]2C(=O)N(CCO)C(C(=O)Nc3ccc(OC)cc3)C23CC(C)[C@]1(C)O3. The molecule has 0 aliphatic carbocycles. The van der Waals surface area contributed by atoms with Crippen LogP contribution < -0.4 is 15.4 Å². The fraction of sp³-hybridized carbons (Fsp3) is 0.591. The van der Waals surface area contributed by atoms with Crippen molar-refractivity contribution in [2.75, 3.05) is 32.6 Å². The van der Waals surface area contributed by atoms with Crippen molar-refractivity contribution >= 4 is 23.4 Å². The van der Waals surface area contributed by atoms with E-state index in [0.29, 0.717) is 17.9 Å². The first-order valence-corrected chi connectivity index (χ1v) is 10.5. The lowest BCUT2D eigenvalue weighted by Gasteiger charge is -2.36. The third-order valence-corrected chi connectivity index (χ3v) is 7.29. The van der Waals surface area contributed by atoms with Crippen LogP contribution in [0.4, 0.5) is 5.69 Å². The lowest BCUT2D eigenvalue weighted by atomic mass is 9.62. The van der Waals surface area contributed by atoms with Crippen molar-refractivity contribution in [1.29, 1.82) is 0 Å². The molecule has 6 atom stereocenters. The maximum absolute atomic E-state index is 13.5. The molecule has 3 aliphatic heterocycles. The third-order valence-electron chi connectivity index (χ3n) is 7.29. The number of amides is 3. The molecule has 0 radical (unpaired) electrons. The number of nitrogens with one attached hydrogen (secondary N) is 2. The van der Waals surface area contributed by atoms with Crippen molar-refractivity contribution in [3.8, 4) is 5.75 Å². The first-order chi connectivity index (χ1) is 14.7. The Morgan fingerprint density at radius 1 is 1.29 bits per heavy atom. The Balaban J connectivity index is 1.73. The zero-order valence-corrected chi connectivity index (χ0v) is 18.2. The molecule has 9 nitrogen and oxygen atoms in total. The predicted octanol–water partition coefficient (Wildman–Crippen LogP) is 0.383. The van der Waals surface area contributed by atoms with Crippen LogP contribution in [0.1, 0.15) is 20.3 Å². The molecule has 1 spiro atoms. The van der Waals surface area contributed by atoms with E-state index in [1.165, 1.54) is 11.9 Å². The fourth-order valence-corrected chi connectivity index (χ4v) is 5.83. The van der Waals surface area contributed by atoms with Crippen LogP contribution in [0.3, 0.4) is 0 Å². The van der Waals surface area contributed by atoms with Gasteiger partial charge in [-0.2, -0.15) is 0 Å². The number of hydrogen-bond donors (Lipinski definition) is 3. The van der Waals surface area contributed by atoms with Crippen LogP contribution in [0.5, 0.6) is 5.75 Å². The number of β-amino-alcohol motifs (C(OH)–C–C–N with tert-alkyl or cyclic N) is 1. The largest absolute Gasteiger partial charge is 0.497 e. The second kappa shape index (κ2) is 7.49. The quantitative estimate of drug-likeness (QED) is 0.600. The number of methoxy groups -OCH3 is 1. The average molecular weight is 431 g/mol. The molecule has 3 N–H and O–H groups in total. The molecule has 3 unspecified atom stereocenters. The van der Waals surface area contributed by atoms with E-state index in [0.717, 1.165) is 0 Å². The minimum absolute atomic E-state index is 0.00724. The number of aliphatic hydroxyl groups excluding tert-OH is 1. The van der Waals surface area contributed by atoms with Gasteiger partial charge in [0.2, 0.25) is 17.7 Å². The Kier molecular flexibility index (Phi) is 5.21. The van der Waals surface area contributed by atoms with E-state index >= 15 is 0 Å². The maximum atomic E-state index is 13.5. The van der Waals surface area contributed by atoms with Crippen molar-refractivity contribution in [3.63, 3.8) is 0 Å². The van der Waals surface area contributed by atoms with Gasteiger partial charge in [0.1, 0.15) is 17.4 Å². The molecule has 0 saturated carbocycles. The molecule has 31 heavy (non-hydrogen) atoms. The number of rotatable bonds is 6. The number of anilines is 1. The molecular formula is C22H29N3O6. The molecule has 168 valence electrons. The summed E-state index contributed by atoms with van der Waals surface area (Å²) in [5.41, 5.74) is -1.41. The monoisotopic (exact) mass is 431 g/mol. The minimum atomic E-state index is -1.12. The lowest BCUT2D eigenvalue weighted by Crippen LogP contribution is -2.54. The highest BCUT2D eigenvalue weighted by Crippen LogP contribution is 2.65. The van der Waals surface area contributed by atoms with Gasteiger partial charge in [-0.25, -0.2) is 0 Å². The van der Waals surface area contributed by atoms with Gasteiger partial charge in [-0.05, 0) is 43.5 Å². The normalized spacial score (nSPS) is 35.8. The van der Waals surface area contributed by atoms with Gasteiger partial charge in [0.25, 0.3) is 0 Å². The van der Waals surface area contributed by atoms with Gasteiger partial charge in [-0.3, -0.25) is 14.4 Å². The van der Waals surface area contributed by atoms with E-state index in [1.54, 1.807) is 31.4 Å². The second-order valence-corrected chi connectivity index (χ2v) is 8.79. The number of nitrogens with zero attached hydrogens (tertiary/aromatic N) is 1. The van der Waals surface area contributed by atoms with Crippen molar-refractivity contribution in [3.05, 3.63) is 24.3 Å². The number of fused-ring (bicyclic) bond motifs is 1. The van der Waals surface area contributed by atoms with Crippen LogP contribution in [0.25, 0.3) is 0 Å². The first kappa shape index (κ1) is 21.6. The second-order valence-electron chi connectivity index (χ2n) is 8.79. The summed E-state index contributed by atoms with van der Waals surface area (Å²) in [5, 5.41) is 15.1. The number of hydrogen-bond acceptors (Lipinski definition) is 6. The summed E-state index contributed by atoms with van der Waals surface area (Å²) in [6.07, 6.45) is 0.482.